The molecule has 0 radical (unpaired) electrons. The summed E-state index contributed by atoms with van der Waals surface area (Å²) in [4.78, 5) is 10.7. The Hall–Kier alpha value is -2.67. The highest BCUT2D eigenvalue weighted by Gasteiger charge is 2.18. The number of hydrogen-bond donors (Lipinski definition) is 1. The van der Waals surface area contributed by atoms with E-state index in [9.17, 15) is 0 Å². The summed E-state index contributed by atoms with van der Waals surface area (Å²) in [5.74, 6) is 0.625. The highest BCUT2D eigenvalue weighted by Crippen LogP contribution is 2.17. The molecule has 0 atom stereocenters. The van der Waals surface area contributed by atoms with E-state index in [4.69, 9.17) is 4.42 Å². The number of nitrogens with zero attached hydrogens (tertiary/aromatic N) is 5. The molecule has 0 aliphatic carbocycles. The van der Waals surface area contributed by atoms with E-state index in [0.717, 1.165) is 31.9 Å². The first kappa shape index (κ1) is 14.0. The summed E-state index contributed by atoms with van der Waals surface area (Å²) < 4.78 is 7.23. The molecule has 0 fully saturated rings. The number of rotatable bonds is 5. The minimum Gasteiger partial charge on any atom is -0.472 e. The standard InChI is InChI=1S/C16H18N6O/c1-3-17-16(18-4-1)19-9-14-8-15-11-21(5-6-22(15)20-14)10-13-2-7-23-12-13/h1-4,7-8,12H,5-6,9-11H2,(H,17,18,19). The lowest BCUT2D eigenvalue weighted by Crippen LogP contribution is -2.33. The molecular formula is C16H18N6O. The number of furan rings is 1. The zero-order chi connectivity index (χ0) is 15.5. The number of aromatic nitrogens is 4. The van der Waals surface area contributed by atoms with Gasteiger partial charge in [0.2, 0.25) is 5.95 Å². The SMILES string of the molecule is c1cnc(NCc2cc3n(n2)CCN(Cc2ccoc2)C3)nc1. The fourth-order valence-corrected chi connectivity index (χ4v) is 2.80. The first-order chi connectivity index (χ1) is 11.4. The van der Waals surface area contributed by atoms with E-state index in [0.29, 0.717) is 12.5 Å². The number of fused-ring (bicyclic) bond motifs is 1. The van der Waals surface area contributed by atoms with Gasteiger partial charge in [-0.15, -0.1) is 0 Å². The molecule has 1 aliphatic rings. The smallest absolute Gasteiger partial charge is 0.222 e. The van der Waals surface area contributed by atoms with Gasteiger partial charge >= 0.3 is 0 Å². The fourth-order valence-electron chi connectivity index (χ4n) is 2.80. The van der Waals surface area contributed by atoms with E-state index in [-0.39, 0.29) is 0 Å². The van der Waals surface area contributed by atoms with Crippen LogP contribution >= 0.6 is 0 Å². The van der Waals surface area contributed by atoms with E-state index in [2.05, 4.69) is 36.0 Å². The summed E-state index contributed by atoms with van der Waals surface area (Å²) in [6, 6.07) is 5.97. The monoisotopic (exact) mass is 310 g/mol. The molecule has 4 rings (SSSR count). The third-order valence-electron chi connectivity index (χ3n) is 3.91. The average molecular weight is 310 g/mol. The Bertz CT molecular complexity index is 752. The number of hydrogen-bond acceptors (Lipinski definition) is 6. The predicted octanol–water partition coefficient (Wildman–Crippen LogP) is 1.89. The Morgan fingerprint density at radius 2 is 2.13 bits per heavy atom. The molecule has 1 aliphatic heterocycles. The maximum absolute atomic E-state index is 5.14. The van der Waals surface area contributed by atoms with Crippen molar-refractivity contribution in [1.82, 2.24) is 24.6 Å². The second-order valence-electron chi connectivity index (χ2n) is 5.62. The highest BCUT2D eigenvalue weighted by molar-refractivity contribution is 5.24. The third kappa shape index (κ3) is 3.24. The van der Waals surface area contributed by atoms with Crippen molar-refractivity contribution in [3.63, 3.8) is 0 Å². The van der Waals surface area contributed by atoms with Crippen molar-refractivity contribution in [3.8, 4) is 0 Å². The summed E-state index contributed by atoms with van der Waals surface area (Å²) in [6.07, 6.45) is 6.97. The molecule has 0 saturated carbocycles. The zero-order valence-electron chi connectivity index (χ0n) is 12.7. The maximum atomic E-state index is 5.14. The van der Waals surface area contributed by atoms with Crippen molar-refractivity contribution < 1.29 is 4.42 Å². The molecule has 4 heterocycles. The van der Waals surface area contributed by atoms with Gasteiger partial charge in [-0.3, -0.25) is 9.58 Å². The van der Waals surface area contributed by atoms with E-state index in [1.165, 1.54) is 11.3 Å². The third-order valence-corrected chi connectivity index (χ3v) is 3.91. The summed E-state index contributed by atoms with van der Waals surface area (Å²) >= 11 is 0. The zero-order valence-corrected chi connectivity index (χ0v) is 12.7. The lowest BCUT2D eigenvalue weighted by Gasteiger charge is -2.26. The van der Waals surface area contributed by atoms with Crippen LogP contribution < -0.4 is 5.32 Å². The molecule has 3 aromatic heterocycles. The van der Waals surface area contributed by atoms with Crippen LogP contribution in [0.3, 0.4) is 0 Å². The quantitative estimate of drug-likeness (QED) is 0.776. The minimum absolute atomic E-state index is 0.625. The van der Waals surface area contributed by atoms with Gasteiger partial charge in [-0.2, -0.15) is 5.10 Å². The Labute approximate surface area is 134 Å². The predicted molar refractivity (Wildman–Crippen MR) is 84.4 cm³/mol. The topological polar surface area (TPSA) is 72.0 Å². The molecule has 23 heavy (non-hydrogen) atoms. The van der Waals surface area contributed by atoms with Gasteiger partial charge in [0.1, 0.15) is 0 Å². The molecule has 0 aromatic carbocycles. The van der Waals surface area contributed by atoms with Crippen molar-refractivity contribution in [2.45, 2.75) is 26.2 Å². The molecule has 0 amide bonds. The van der Waals surface area contributed by atoms with Crippen LogP contribution in [-0.2, 0) is 26.2 Å². The molecule has 3 aromatic rings. The van der Waals surface area contributed by atoms with Gasteiger partial charge in [0.25, 0.3) is 0 Å². The lowest BCUT2D eigenvalue weighted by molar-refractivity contribution is 0.204. The first-order valence-electron chi connectivity index (χ1n) is 7.67. The van der Waals surface area contributed by atoms with Gasteiger partial charge in [0.15, 0.2) is 0 Å². The van der Waals surface area contributed by atoms with Crippen molar-refractivity contribution in [2.24, 2.45) is 0 Å². The van der Waals surface area contributed by atoms with Crippen molar-refractivity contribution >= 4 is 5.95 Å². The molecule has 7 heteroatoms. The first-order valence-corrected chi connectivity index (χ1v) is 7.67. The normalized spacial score (nSPS) is 14.6. The molecule has 7 nitrogen and oxygen atoms in total. The second-order valence-corrected chi connectivity index (χ2v) is 5.62. The molecule has 1 N–H and O–H groups in total. The Morgan fingerprint density at radius 3 is 2.96 bits per heavy atom. The fraction of sp³-hybridized carbons (Fsp3) is 0.312. The highest BCUT2D eigenvalue weighted by atomic mass is 16.3. The Morgan fingerprint density at radius 1 is 1.22 bits per heavy atom. The van der Waals surface area contributed by atoms with Crippen molar-refractivity contribution in [2.75, 3.05) is 11.9 Å². The number of anilines is 1. The van der Waals surface area contributed by atoms with E-state index in [1.54, 1.807) is 31.0 Å². The van der Waals surface area contributed by atoms with Crippen LogP contribution in [0.25, 0.3) is 0 Å². The molecule has 0 unspecified atom stereocenters. The lowest BCUT2D eigenvalue weighted by atomic mass is 10.2. The van der Waals surface area contributed by atoms with Crippen LogP contribution in [0.4, 0.5) is 5.95 Å². The molecular weight excluding hydrogens is 292 g/mol. The van der Waals surface area contributed by atoms with Gasteiger partial charge in [-0.25, -0.2) is 9.97 Å². The van der Waals surface area contributed by atoms with Crippen molar-refractivity contribution in [1.29, 1.82) is 0 Å². The molecule has 0 spiro atoms. The van der Waals surface area contributed by atoms with Gasteiger partial charge in [-0.1, -0.05) is 0 Å². The van der Waals surface area contributed by atoms with Crippen LogP contribution in [0, 0.1) is 0 Å². The van der Waals surface area contributed by atoms with Crippen LogP contribution in [0.2, 0.25) is 0 Å². The second kappa shape index (κ2) is 6.21. The van der Waals surface area contributed by atoms with E-state index in [1.807, 2.05) is 6.07 Å². The van der Waals surface area contributed by atoms with Crippen LogP contribution in [0.15, 0.2) is 47.5 Å². The summed E-state index contributed by atoms with van der Waals surface area (Å²) in [7, 11) is 0. The van der Waals surface area contributed by atoms with Crippen molar-refractivity contribution in [3.05, 3.63) is 60.1 Å². The van der Waals surface area contributed by atoms with Crippen LogP contribution in [-0.4, -0.2) is 31.2 Å². The maximum Gasteiger partial charge on any atom is 0.222 e. The summed E-state index contributed by atoms with van der Waals surface area (Å²) in [6.45, 7) is 4.35. The van der Waals surface area contributed by atoms with E-state index < -0.39 is 0 Å². The Kier molecular flexibility index (Phi) is 3.77. The van der Waals surface area contributed by atoms with Gasteiger partial charge in [0.05, 0.1) is 37.0 Å². The van der Waals surface area contributed by atoms with Crippen LogP contribution in [0.1, 0.15) is 17.0 Å². The molecule has 0 saturated heterocycles. The molecule has 0 bridgehead atoms. The Balaban J connectivity index is 1.39. The summed E-state index contributed by atoms with van der Waals surface area (Å²) in [5, 5.41) is 7.84. The molecule has 118 valence electrons. The van der Waals surface area contributed by atoms with E-state index >= 15 is 0 Å². The number of nitrogens with one attached hydrogen (secondary N) is 1. The van der Waals surface area contributed by atoms with Gasteiger partial charge < -0.3 is 9.73 Å². The largest absolute Gasteiger partial charge is 0.472 e. The van der Waals surface area contributed by atoms with Gasteiger partial charge in [0, 0.05) is 37.6 Å². The van der Waals surface area contributed by atoms with Crippen LogP contribution in [0.5, 0.6) is 0 Å². The summed E-state index contributed by atoms with van der Waals surface area (Å²) in [5.41, 5.74) is 3.46. The average Bonchev–Trinajstić information content (AvgIpc) is 3.23. The minimum atomic E-state index is 0.625. The van der Waals surface area contributed by atoms with Gasteiger partial charge in [-0.05, 0) is 18.2 Å².